The third-order valence-corrected chi connectivity index (χ3v) is 5.26. The van der Waals surface area contributed by atoms with Crippen LogP contribution < -0.4 is 9.80 Å². The molecule has 27 heavy (non-hydrogen) atoms. The van der Waals surface area contributed by atoms with Crippen molar-refractivity contribution in [1.82, 2.24) is 0 Å². The van der Waals surface area contributed by atoms with Gasteiger partial charge < -0.3 is 9.80 Å². The molecule has 1 aliphatic heterocycles. The highest BCUT2D eigenvalue weighted by molar-refractivity contribution is 5.97. The molecule has 2 aromatic rings. The summed E-state index contributed by atoms with van der Waals surface area (Å²) in [6, 6.07) is 17.8. The second-order valence-corrected chi connectivity index (χ2v) is 7.25. The van der Waals surface area contributed by atoms with Crippen LogP contribution in [-0.2, 0) is 9.59 Å². The molecule has 142 valence electrons. The maximum atomic E-state index is 13.2. The lowest BCUT2D eigenvalue weighted by molar-refractivity contribution is -0.119. The van der Waals surface area contributed by atoms with Crippen molar-refractivity contribution in [1.29, 1.82) is 0 Å². The first-order chi connectivity index (χ1) is 13.0. The molecule has 1 heterocycles. The fourth-order valence-corrected chi connectivity index (χ4v) is 4.04. The van der Waals surface area contributed by atoms with Crippen LogP contribution in [0.15, 0.2) is 54.6 Å². The van der Waals surface area contributed by atoms with Gasteiger partial charge in [0.2, 0.25) is 11.8 Å². The third kappa shape index (κ3) is 3.90. The molecule has 1 aliphatic rings. The second-order valence-electron chi connectivity index (χ2n) is 7.25. The van der Waals surface area contributed by atoms with Gasteiger partial charge >= 0.3 is 0 Å². The van der Waals surface area contributed by atoms with E-state index in [9.17, 15) is 9.59 Å². The van der Waals surface area contributed by atoms with Crippen molar-refractivity contribution in [2.45, 2.75) is 58.5 Å². The number of anilines is 2. The van der Waals surface area contributed by atoms with Crippen molar-refractivity contribution in [3.8, 4) is 0 Å². The van der Waals surface area contributed by atoms with Gasteiger partial charge in [0.15, 0.2) is 0 Å². The molecule has 0 aromatic heterocycles. The Balaban J connectivity index is 2.07. The van der Waals surface area contributed by atoms with Crippen molar-refractivity contribution >= 4 is 23.2 Å². The standard InChI is InChI=1S/C23H28N2O2/c1-4-5-15-23(27)25(19-11-7-6-8-12-19)22-16-17(2)24(18(3)26)21-14-10-9-13-20(21)22/h6-14,17,22H,4-5,15-16H2,1-3H3/t17-,22-/m1/s1. The van der Waals surface area contributed by atoms with E-state index in [4.69, 9.17) is 0 Å². The number of rotatable bonds is 5. The predicted octanol–water partition coefficient (Wildman–Crippen LogP) is 5.10. The maximum Gasteiger partial charge on any atom is 0.227 e. The topological polar surface area (TPSA) is 40.6 Å². The number of amides is 2. The Labute approximate surface area is 161 Å². The largest absolute Gasteiger partial charge is 0.309 e. The zero-order chi connectivity index (χ0) is 19.4. The Morgan fingerprint density at radius 1 is 1.07 bits per heavy atom. The fourth-order valence-electron chi connectivity index (χ4n) is 4.04. The average Bonchev–Trinajstić information content (AvgIpc) is 2.67. The van der Waals surface area contributed by atoms with Gasteiger partial charge in [0.25, 0.3) is 0 Å². The van der Waals surface area contributed by atoms with E-state index in [2.05, 4.69) is 13.8 Å². The summed E-state index contributed by atoms with van der Waals surface area (Å²) in [5.74, 6) is 0.184. The van der Waals surface area contributed by atoms with Crippen LogP contribution in [0.25, 0.3) is 0 Å². The predicted molar refractivity (Wildman–Crippen MR) is 110 cm³/mol. The van der Waals surface area contributed by atoms with Crippen LogP contribution in [0.1, 0.15) is 58.1 Å². The highest BCUT2D eigenvalue weighted by atomic mass is 16.2. The van der Waals surface area contributed by atoms with Crippen LogP contribution >= 0.6 is 0 Å². The molecular weight excluding hydrogens is 336 g/mol. The number of hydrogen-bond donors (Lipinski definition) is 0. The smallest absolute Gasteiger partial charge is 0.227 e. The number of benzene rings is 2. The first-order valence-electron chi connectivity index (χ1n) is 9.80. The third-order valence-electron chi connectivity index (χ3n) is 5.26. The Morgan fingerprint density at radius 2 is 1.74 bits per heavy atom. The van der Waals surface area contributed by atoms with Crippen molar-refractivity contribution < 1.29 is 9.59 Å². The lowest BCUT2D eigenvalue weighted by Gasteiger charge is -2.43. The summed E-state index contributed by atoms with van der Waals surface area (Å²) in [4.78, 5) is 29.2. The van der Waals surface area contributed by atoms with Gasteiger partial charge in [-0.2, -0.15) is 0 Å². The summed E-state index contributed by atoms with van der Waals surface area (Å²) < 4.78 is 0. The number of para-hydroxylation sites is 2. The van der Waals surface area contributed by atoms with E-state index in [1.54, 1.807) is 6.92 Å². The lowest BCUT2D eigenvalue weighted by Crippen LogP contribution is -2.47. The fraction of sp³-hybridized carbons (Fsp3) is 0.391. The van der Waals surface area contributed by atoms with Gasteiger partial charge in [-0.1, -0.05) is 49.7 Å². The zero-order valence-corrected chi connectivity index (χ0v) is 16.4. The molecule has 0 bridgehead atoms. The van der Waals surface area contributed by atoms with Crippen LogP contribution in [0.2, 0.25) is 0 Å². The van der Waals surface area contributed by atoms with E-state index in [-0.39, 0.29) is 23.9 Å². The van der Waals surface area contributed by atoms with Crippen molar-refractivity contribution in [2.24, 2.45) is 0 Å². The summed E-state index contributed by atoms with van der Waals surface area (Å²) in [6.45, 7) is 5.77. The van der Waals surface area contributed by atoms with Crippen LogP contribution in [0.3, 0.4) is 0 Å². The molecule has 0 saturated heterocycles. The summed E-state index contributed by atoms with van der Waals surface area (Å²) in [6.07, 6.45) is 3.13. The Hall–Kier alpha value is -2.62. The summed E-state index contributed by atoms with van der Waals surface area (Å²) in [5, 5.41) is 0. The molecule has 4 nitrogen and oxygen atoms in total. The molecule has 0 aliphatic carbocycles. The molecule has 0 radical (unpaired) electrons. The number of nitrogens with zero attached hydrogens (tertiary/aromatic N) is 2. The molecule has 2 amide bonds. The Morgan fingerprint density at radius 3 is 2.41 bits per heavy atom. The maximum absolute atomic E-state index is 13.2. The van der Waals surface area contributed by atoms with Crippen LogP contribution in [0.4, 0.5) is 11.4 Å². The minimum atomic E-state index is -0.0708. The monoisotopic (exact) mass is 364 g/mol. The Bertz CT molecular complexity index is 803. The SMILES string of the molecule is CCCCC(=O)N(c1ccccc1)[C@@H]1C[C@@H](C)N(C(C)=O)c2ccccc21. The van der Waals surface area contributed by atoms with E-state index in [0.717, 1.165) is 36.2 Å². The molecule has 0 spiro atoms. The number of hydrogen-bond acceptors (Lipinski definition) is 2. The minimum absolute atomic E-state index is 0.0348. The Kier molecular flexibility index (Phi) is 5.94. The highest BCUT2D eigenvalue weighted by Gasteiger charge is 2.37. The minimum Gasteiger partial charge on any atom is -0.309 e. The van der Waals surface area contributed by atoms with Gasteiger partial charge in [0.05, 0.1) is 6.04 Å². The van der Waals surface area contributed by atoms with Crippen LogP contribution in [0.5, 0.6) is 0 Å². The summed E-state index contributed by atoms with van der Waals surface area (Å²) in [5.41, 5.74) is 2.87. The summed E-state index contributed by atoms with van der Waals surface area (Å²) in [7, 11) is 0. The first kappa shape index (κ1) is 19.2. The van der Waals surface area contributed by atoms with Crippen LogP contribution in [0, 0.1) is 0 Å². The molecule has 0 saturated carbocycles. The van der Waals surface area contributed by atoms with E-state index in [0.29, 0.717) is 6.42 Å². The molecule has 2 aromatic carbocycles. The van der Waals surface area contributed by atoms with E-state index in [1.807, 2.05) is 64.4 Å². The average molecular weight is 364 g/mol. The molecule has 3 rings (SSSR count). The zero-order valence-electron chi connectivity index (χ0n) is 16.4. The lowest BCUT2D eigenvalue weighted by atomic mass is 9.89. The molecular formula is C23H28N2O2. The van der Waals surface area contributed by atoms with Gasteiger partial charge in [-0.3, -0.25) is 9.59 Å². The molecule has 0 N–H and O–H groups in total. The molecule has 2 atom stereocenters. The number of fused-ring (bicyclic) bond motifs is 1. The second kappa shape index (κ2) is 8.38. The van der Waals surface area contributed by atoms with E-state index < -0.39 is 0 Å². The van der Waals surface area contributed by atoms with Gasteiger partial charge in [-0.25, -0.2) is 0 Å². The van der Waals surface area contributed by atoms with Gasteiger partial charge in [0, 0.05) is 30.8 Å². The molecule has 0 fully saturated rings. The first-order valence-corrected chi connectivity index (χ1v) is 9.80. The quantitative estimate of drug-likeness (QED) is 0.741. The number of carbonyl (C=O) groups is 2. The normalized spacial score (nSPS) is 18.7. The van der Waals surface area contributed by atoms with Crippen molar-refractivity contribution in [3.05, 3.63) is 60.2 Å². The molecule has 4 heteroatoms. The van der Waals surface area contributed by atoms with Gasteiger partial charge in [-0.15, -0.1) is 0 Å². The highest BCUT2D eigenvalue weighted by Crippen LogP contribution is 2.42. The van der Waals surface area contributed by atoms with E-state index >= 15 is 0 Å². The van der Waals surface area contributed by atoms with E-state index in [1.165, 1.54) is 0 Å². The molecule has 0 unspecified atom stereocenters. The van der Waals surface area contributed by atoms with Gasteiger partial charge in [-0.05, 0) is 43.5 Å². The van der Waals surface area contributed by atoms with Crippen molar-refractivity contribution in [2.75, 3.05) is 9.80 Å². The van der Waals surface area contributed by atoms with Gasteiger partial charge in [0.1, 0.15) is 0 Å². The van der Waals surface area contributed by atoms with Crippen LogP contribution in [-0.4, -0.2) is 17.9 Å². The summed E-state index contributed by atoms with van der Waals surface area (Å²) >= 11 is 0. The van der Waals surface area contributed by atoms with Crippen molar-refractivity contribution in [3.63, 3.8) is 0 Å². The number of unbranched alkanes of at least 4 members (excludes halogenated alkanes) is 1. The number of carbonyl (C=O) groups excluding carboxylic acids is 2.